The molecular weight excluding hydrogens is 532 g/mol. The summed E-state index contributed by atoms with van der Waals surface area (Å²) in [6, 6.07) is 9.79. The molecule has 1 unspecified atom stereocenters. The van der Waals surface area contributed by atoms with Crippen molar-refractivity contribution in [3.8, 4) is 17.1 Å². The van der Waals surface area contributed by atoms with Crippen molar-refractivity contribution in [3.05, 3.63) is 74.7 Å². The van der Waals surface area contributed by atoms with Gasteiger partial charge in [0.15, 0.2) is 0 Å². The number of hydrogen-bond donors (Lipinski definition) is 4. The van der Waals surface area contributed by atoms with Crippen LogP contribution in [0.4, 0.5) is 5.69 Å². The Balaban J connectivity index is 1.21. The summed E-state index contributed by atoms with van der Waals surface area (Å²) in [6.45, 7) is 8.85. The van der Waals surface area contributed by atoms with Crippen molar-refractivity contribution in [2.45, 2.75) is 52.3 Å². The zero-order chi connectivity index (χ0) is 29.5. The SMILES string of the molecule is Cc1ccc(OCC(O)CNc2cc[nH]c(=O)c2-c2nc3c(C)c4c(cc3[nH]2)C(=O)N(C2CCN(C)CC2)C4)c(C)c1. The number of carbonyl (C=O) groups excluding carboxylic acids is 1. The average molecular weight is 571 g/mol. The molecule has 6 rings (SSSR count). The van der Waals surface area contributed by atoms with Crippen LogP contribution in [0.15, 0.2) is 41.3 Å². The Labute approximate surface area is 244 Å². The highest BCUT2D eigenvalue weighted by Gasteiger charge is 2.36. The van der Waals surface area contributed by atoms with Gasteiger partial charge in [-0.3, -0.25) is 9.59 Å². The van der Waals surface area contributed by atoms with Crippen molar-refractivity contribution < 1.29 is 14.6 Å². The van der Waals surface area contributed by atoms with E-state index in [0.29, 0.717) is 29.2 Å². The van der Waals surface area contributed by atoms with Crippen molar-refractivity contribution in [1.82, 2.24) is 24.8 Å². The molecule has 2 aromatic carbocycles. The predicted octanol–water partition coefficient (Wildman–Crippen LogP) is 3.75. The lowest BCUT2D eigenvalue weighted by Gasteiger charge is -2.35. The molecule has 0 spiro atoms. The summed E-state index contributed by atoms with van der Waals surface area (Å²) >= 11 is 0. The van der Waals surface area contributed by atoms with E-state index in [1.165, 1.54) is 0 Å². The van der Waals surface area contributed by atoms with Crippen LogP contribution in [0.1, 0.15) is 45.5 Å². The van der Waals surface area contributed by atoms with Crippen LogP contribution in [-0.4, -0.2) is 81.2 Å². The third-order valence-electron chi connectivity index (χ3n) is 8.59. The fourth-order valence-corrected chi connectivity index (χ4v) is 6.16. The summed E-state index contributed by atoms with van der Waals surface area (Å²) in [5, 5.41) is 13.8. The van der Waals surface area contributed by atoms with E-state index in [2.05, 4.69) is 27.2 Å². The van der Waals surface area contributed by atoms with Gasteiger partial charge >= 0.3 is 0 Å². The lowest BCUT2D eigenvalue weighted by atomic mass is 10.0. The molecule has 1 saturated heterocycles. The Morgan fingerprint density at radius 3 is 2.69 bits per heavy atom. The molecule has 0 saturated carbocycles. The van der Waals surface area contributed by atoms with E-state index >= 15 is 0 Å². The lowest BCUT2D eigenvalue weighted by molar-refractivity contribution is 0.0617. The fraction of sp³-hybridized carbons (Fsp3) is 0.406. The van der Waals surface area contributed by atoms with Crippen molar-refractivity contribution in [3.63, 3.8) is 0 Å². The monoisotopic (exact) mass is 570 g/mol. The highest BCUT2D eigenvalue weighted by Crippen LogP contribution is 2.35. The molecule has 2 aliphatic rings. The van der Waals surface area contributed by atoms with Gasteiger partial charge in [-0.1, -0.05) is 17.7 Å². The Bertz CT molecular complexity index is 1700. The molecule has 1 amide bonds. The first kappa shape index (κ1) is 28.0. The van der Waals surface area contributed by atoms with Gasteiger partial charge in [-0.2, -0.15) is 0 Å². The first-order valence-electron chi connectivity index (χ1n) is 14.6. The molecule has 10 nitrogen and oxygen atoms in total. The predicted molar refractivity (Wildman–Crippen MR) is 163 cm³/mol. The van der Waals surface area contributed by atoms with Gasteiger partial charge in [-0.05, 0) is 88.6 Å². The van der Waals surface area contributed by atoms with Crippen molar-refractivity contribution >= 4 is 22.6 Å². The third kappa shape index (κ3) is 5.28. The molecular formula is C32H38N6O4. The van der Waals surface area contributed by atoms with Crippen LogP contribution < -0.4 is 15.6 Å². The van der Waals surface area contributed by atoms with Crippen LogP contribution in [0, 0.1) is 20.8 Å². The van der Waals surface area contributed by atoms with Crippen LogP contribution in [0.25, 0.3) is 22.4 Å². The standard InChI is InChI=1S/C32H38N6O4/c1-18-5-6-27(19(2)13-18)42-17-22(39)15-34-25-7-10-33-31(40)28(25)30-35-26-14-23-24(20(3)29(26)36-30)16-38(32(23)41)21-8-11-37(4)12-9-21/h5-7,10,13-14,21-22,39H,8-9,11-12,15-17H2,1-4H3,(H,35,36)(H2,33,34,40). The number of aryl methyl sites for hydroxylation is 3. The van der Waals surface area contributed by atoms with Crippen LogP contribution >= 0.6 is 0 Å². The Kier molecular flexibility index (Phi) is 7.51. The minimum absolute atomic E-state index is 0.0673. The molecule has 220 valence electrons. The van der Waals surface area contributed by atoms with Gasteiger partial charge in [0.05, 0.1) is 16.7 Å². The summed E-state index contributed by atoms with van der Waals surface area (Å²) in [6.07, 6.45) is 2.71. The largest absolute Gasteiger partial charge is 0.491 e. The summed E-state index contributed by atoms with van der Waals surface area (Å²) in [4.78, 5) is 41.7. The first-order valence-corrected chi connectivity index (χ1v) is 14.6. The molecule has 0 aliphatic carbocycles. The zero-order valence-electron chi connectivity index (χ0n) is 24.6. The smallest absolute Gasteiger partial charge is 0.261 e. The van der Waals surface area contributed by atoms with E-state index in [1.54, 1.807) is 12.3 Å². The van der Waals surface area contributed by atoms with E-state index in [1.807, 2.05) is 49.9 Å². The van der Waals surface area contributed by atoms with Crippen molar-refractivity contribution in [2.75, 3.05) is 38.6 Å². The molecule has 4 aromatic rings. The summed E-state index contributed by atoms with van der Waals surface area (Å²) in [5.41, 5.74) is 6.87. The Morgan fingerprint density at radius 1 is 1.14 bits per heavy atom. The molecule has 4 heterocycles. The van der Waals surface area contributed by atoms with E-state index in [0.717, 1.165) is 65.0 Å². The number of fused-ring (bicyclic) bond motifs is 2. The van der Waals surface area contributed by atoms with Gasteiger partial charge < -0.3 is 34.9 Å². The number of aliphatic hydroxyl groups excluding tert-OH is 1. The number of pyridine rings is 1. The second kappa shape index (κ2) is 11.3. The van der Waals surface area contributed by atoms with Gasteiger partial charge in [0.2, 0.25) is 0 Å². The Hall–Kier alpha value is -4.15. The molecule has 42 heavy (non-hydrogen) atoms. The van der Waals surface area contributed by atoms with Gasteiger partial charge in [-0.25, -0.2) is 4.98 Å². The maximum Gasteiger partial charge on any atom is 0.261 e. The second-order valence-corrected chi connectivity index (χ2v) is 11.7. The molecule has 4 N–H and O–H groups in total. The van der Waals surface area contributed by atoms with Crippen molar-refractivity contribution in [2.24, 2.45) is 0 Å². The molecule has 0 bridgehead atoms. The normalized spacial score (nSPS) is 16.7. The maximum atomic E-state index is 13.5. The second-order valence-electron chi connectivity index (χ2n) is 11.7. The number of anilines is 1. The third-order valence-corrected chi connectivity index (χ3v) is 8.59. The number of piperidine rings is 1. The molecule has 10 heteroatoms. The highest BCUT2D eigenvalue weighted by molar-refractivity contribution is 6.03. The topological polar surface area (TPSA) is 127 Å². The number of amides is 1. The number of H-pyrrole nitrogens is 2. The minimum atomic E-state index is -0.808. The maximum absolute atomic E-state index is 13.5. The van der Waals surface area contributed by atoms with Gasteiger partial charge in [0, 0.05) is 30.9 Å². The number of aromatic amines is 2. The number of likely N-dealkylation sites (tertiary alicyclic amines) is 1. The minimum Gasteiger partial charge on any atom is -0.491 e. The van der Waals surface area contributed by atoms with Crippen LogP contribution in [0.5, 0.6) is 5.75 Å². The molecule has 2 aromatic heterocycles. The van der Waals surface area contributed by atoms with Crippen LogP contribution in [0.2, 0.25) is 0 Å². The number of hydrogen-bond acceptors (Lipinski definition) is 7. The number of aliphatic hydroxyl groups is 1. The number of aromatic nitrogens is 3. The van der Waals surface area contributed by atoms with Crippen LogP contribution in [0.3, 0.4) is 0 Å². The van der Waals surface area contributed by atoms with Crippen molar-refractivity contribution in [1.29, 1.82) is 0 Å². The highest BCUT2D eigenvalue weighted by atomic mass is 16.5. The van der Waals surface area contributed by atoms with E-state index in [4.69, 9.17) is 9.72 Å². The number of rotatable bonds is 8. The number of nitrogens with one attached hydrogen (secondary N) is 3. The summed E-state index contributed by atoms with van der Waals surface area (Å²) in [5.74, 6) is 1.20. The summed E-state index contributed by atoms with van der Waals surface area (Å²) < 4.78 is 5.82. The molecule has 2 aliphatic heterocycles. The zero-order valence-corrected chi connectivity index (χ0v) is 24.6. The molecule has 1 fully saturated rings. The quantitative estimate of drug-likeness (QED) is 0.254. The molecule has 0 radical (unpaired) electrons. The van der Waals surface area contributed by atoms with E-state index < -0.39 is 6.10 Å². The number of ether oxygens (including phenoxy) is 1. The number of nitrogens with zero attached hydrogens (tertiary/aromatic N) is 3. The Morgan fingerprint density at radius 2 is 1.93 bits per heavy atom. The van der Waals surface area contributed by atoms with Gasteiger partial charge in [0.1, 0.15) is 29.8 Å². The molecule has 1 atom stereocenters. The fourth-order valence-electron chi connectivity index (χ4n) is 6.16. The average Bonchev–Trinajstić information content (AvgIpc) is 3.53. The summed E-state index contributed by atoms with van der Waals surface area (Å²) in [7, 11) is 2.12. The number of carbonyl (C=O) groups is 1. The van der Waals surface area contributed by atoms with Gasteiger partial charge in [0.25, 0.3) is 11.5 Å². The number of imidazole rings is 1. The van der Waals surface area contributed by atoms with E-state index in [9.17, 15) is 14.7 Å². The first-order chi connectivity index (χ1) is 20.2. The lowest BCUT2D eigenvalue weighted by Crippen LogP contribution is -2.43. The van der Waals surface area contributed by atoms with Gasteiger partial charge in [-0.15, -0.1) is 0 Å². The van der Waals surface area contributed by atoms with Crippen LogP contribution in [-0.2, 0) is 6.54 Å². The van der Waals surface area contributed by atoms with E-state index in [-0.39, 0.29) is 30.7 Å². The number of benzene rings is 2.